The van der Waals surface area contributed by atoms with Crippen molar-refractivity contribution in [2.45, 2.75) is 86.0 Å². The van der Waals surface area contributed by atoms with Crippen LogP contribution in [-0.4, -0.2) is 110 Å². The molecule has 115 heavy (non-hydrogen) atoms. The zero-order valence-corrected chi connectivity index (χ0v) is 75.0. The minimum Gasteiger partial charge on any atom is -0.316 e. The van der Waals surface area contributed by atoms with Crippen molar-refractivity contribution in [2.75, 3.05) is 105 Å². The summed E-state index contributed by atoms with van der Waals surface area (Å²) in [5, 5.41) is 41.5. The first-order chi connectivity index (χ1) is 56.1. The van der Waals surface area contributed by atoms with Crippen molar-refractivity contribution in [3.05, 3.63) is 229 Å². The molecule has 0 radical (unpaired) electrons. The van der Waals surface area contributed by atoms with Crippen molar-refractivity contribution in [3.63, 3.8) is 0 Å². The second-order valence-corrected chi connectivity index (χ2v) is 43.9. The SMILES string of the molecule is CC(=O)c1sccc1C1=CC2CNCC2C1.Cc1ccc(C2=CC3CNCC3C2)s1.Cc1ccsc1C1=CC2CNCC2C1.Cc1csc(C2=CC3CNCC3C2)c1.Cc1cscc1C1=CC2CNCC2C1.Clc1ccc(C2=CC3CNCC3C2)s1.Clc1sccc1C1=CC2CNCC2C1.[C-]#[N+]c1ccc(C2=CC3CNCC3C2)s1. The third-order valence-electron chi connectivity index (χ3n) is 27.0. The standard InChI is InChI=1S/C13H15NOS.C12H12N2S.4C12H15NS.2C11H12ClNS/c1-8(15)13-12(2-3-16-13)9-4-10-6-14-7-11(10)5-9;1-13-12-3-2-11(15-12)8-4-9-6-14-7-10(9)5-8;1-8-6-14-7-12(8)9-2-10-4-13-5-11(10)3-9;1-8-2-12(14-7-8)9-3-10-5-13-6-11(10)4-9;1-8-2-3-14-12(8)9-4-10-6-13-7-11(10)5-9;1-8-2-3-12(14-8)9-4-10-6-13-7-11(10)5-9;12-11-10(1-2-14-11)7-3-8-5-13-6-9(8)4-7;12-11-2-1-10(14-11)7-3-8-5-13-6-9(8)4-7/h2-4,10-11,14H,5-7H2,1H3;2-4,9-10,14H,5-7H2;2,6-7,10-11,13H,3-5H2,1H3;2-3,7,10-11,13H,4-6H2,1H3;2*2-4,10-11,13H,5-7H2,1H3;2*1-3,8-9,13H,4-6H2. The highest BCUT2D eigenvalue weighted by atomic mass is 35.5. The van der Waals surface area contributed by atoms with Crippen LogP contribution in [0.15, 0.2) is 142 Å². The maximum absolute atomic E-state index is 11.5. The number of thiophene rings is 8. The highest BCUT2D eigenvalue weighted by Gasteiger charge is 2.39. The maximum Gasteiger partial charge on any atom is 0.241 e. The molecule has 0 spiro atoms. The molecule has 16 unspecified atom stereocenters. The van der Waals surface area contributed by atoms with Crippen LogP contribution < -0.4 is 42.5 Å². The zero-order chi connectivity index (χ0) is 78.6. The van der Waals surface area contributed by atoms with Crippen LogP contribution in [0.1, 0.15) is 131 Å². The first-order valence-corrected chi connectivity index (χ1v) is 49.9. The molecule has 0 aromatic carbocycles. The summed E-state index contributed by atoms with van der Waals surface area (Å²) >= 11 is 26.2. The number of hydrogen-bond acceptors (Lipinski definition) is 17. The molecule has 8 N–H and O–H groups in total. The monoisotopic (exact) mass is 1720 g/mol. The first kappa shape index (κ1) is 82.3. The molecule has 0 bridgehead atoms. The predicted octanol–water partition coefficient (Wildman–Crippen LogP) is 22.3. The lowest BCUT2D eigenvalue weighted by Crippen LogP contribution is -2.09. The van der Waals surface area contributed by atoms with Gasteiger partial charge < -0.3 is 42.5 Å². The molecule has 8 aliphatic carbocycles. The van der Waals surface area contributed by atoms with Crippen LogP contribution >= 0.6 is 114 Å². The Hall–Kier alpha value is -5.06. The lowest BCUT2D eigenvalue weighted by Gasteiger charge is -2.06. The largest absolute Gasteiger partial charge is 0.316 e. The Balaban J connectivity index is 0.0000000948. The topological polar surface area (TPSA) is 118 Å². The van der Waals surface area contributed by atoms with Crippen LogP contribution in [0.4, 0.5) is 5.00 Å². The van der Waals surface area contributed by atoms with E-state index in [4.69, 9.17) is 29.8 Å². The molecular weight excluding hydrogens is 1610 g/mol. The Labute approximate surface area is 724 Å². The van der Waals surface area contributed by atoms with E-state index >= 15 is 0 Å². The molecule has 8 fully saturated rings. The average Bonchev–Trinajstić information content (AvgIpc) is 1.67. The number of nitrogens with one attached hydrogen (secondary N) is 8. The second kappa shape index (κ2) is 37.9. The smallest absolute Gasteiger partial charge is 0.241 e. The van der Waals surface area contributed by atoms with Gasteiger partial charge in [-0.15, -0.1) is 68.0 Å². The molecule has 8 saturated heterocycles. The Morgan fingerprint density at radius 3 is 1.14 bits per heavy atom. The fraction of sp³-hybridized carbons (Fsp3) is 0.474. The normalized spacial score (nSPS) is 29.9. The lowest BCUT2D eigenvalue weighted by atomic mass is 9.98. The van der Waals surface area contributed by atoms with Gasteiger partial charge in [0.15, 0.2) is 5.78 Å². The molecule has 16 atom stereocenters. The van der Waals surface area contributed by atoms with Gasteiger partial charge in [-0.1, -0.05) is 77.9 Å². The molecule has 20 heteroatoms. The van der Waals surface area contributed by atoms with Crippen molar-refractivity contribution in [2.24, 2.45) is 94.7 Å². The summed E-state index contributed by atoms with van der Waals surface area (Å²) in [7, 11) is 0. The molecule has 8 aromatic heterocycles. The maximum atomic E-state index is 11.5. The number of rotatable bonds is 9. The number of carbonyl (C=O) groups is 1. The van der Waals surface area contributed by atoms with Crippen molar-refractivity contribution >= 4 is 169 Å². The summed E-state index contributed by atoms with van der Waals surface area (Å²) in [5.41, 5.74) is 20.5. The molecule has 16 aliphatic rings. The van der Waals surface area contributed by atoms with Gasteiger partial charge in [0.05, 0.1) is 15.8 Å². The summed E-state index contributed by atoms with van der Waals surface area (Å²) < 4.78 is 1.85. The van der Waals surface area contributed by atoms with Crippen LogP contribution in [0.25, 0.3) is 49.4 Å². The highest BCUT2D eigenvalue weighted by molar-refractivity contribution is 7.17. The van der Waals surface area contributed by atoms with Crippen molar-refractivity contribution < 1.29 is 4.79 Å². The van der Waals surface area contributed by atoms with E-state index in [1.165, 1.54) is 195 Å². The Morgan fingerprint density at radius 1 is 0.374 bits per heavy atom. The number of halogens is 2. The van der Waals surface area contributed by atoms with Crippen LogP contribution in [-0.2, 0) is 0 Å². The fourth-order valence-electron chi connectivity index (χ4n) is 20.7. The molecular formula is C95H111Cl2N9OS8. The van der Waals surface area contributed by atoms with Gasteiger partial charge in [-0.3, -0.25) is 4.79 Å². The number of fused-ring (bicyclic) bond motifs is 8. The lowest BCUT2D eigenvalue weighted by molar-refractivity contribution is 0.102. The van der Waals surface area contributed by atoms with Crippen molar-refractivity contribution in [1.82, 2.24) is 42.5 Å². The first-order valence-electron chi connectivity index (χ1n) is 42.2. The van der Waals surface area contributed by atoms with E-state index in [9.17, 15) is 4.79 Å². The Kier molecular flexibility index (Phi) is 27.1. The van der Waals surface area contributed by atoms with E-state index in [0.29, 0.717) is 5.92 Å². The summed E-state index contributed by atoms with van der Waals surface area (Å²) in [6.07, 6.45) is 29.5. The minimum absolute atomic E-state index is 0.195. The van der Waals surface area contributed by atoms with Gasteiger partial charge in [0.2, 0.25) is 5.00 Å². The third-order valence-corrected chi connectivity index (χ3v) is 35.7. The van der Waals surface area contributed by atoms with Crippen LogP contribution in [0.2, 0.25) is 8.67 Å². The molecule has 10 nitrogen and oxygen atoms in total. The van der Waals surface area contributed by atoms with E-state index < -0.39 is 0 Å². The minimum atomic E-state index is 0.195. The van der Waals surface area contributed by atoms with Gasteiger partial charge in [-0.05, 0) is 392 Å². The number of hydrogen-bond donors (Lipinski definition) is 8. The van der Waals surface area contributed by atoms with E-state index in [1.54, 1.807) is 74.6 Å². The zero-order valence-electron chi connectivity index (χ0n) is 66.9. The highest BCUT2D eigenvalue weighted by Crippen LogP contribution is 2.49. The molecule has 604 valence electrons. The molecule has 0 saturated carbocycles. The van der Waals surface area contributed by atoms with E-state index in [1.807, 2.05) is 62.9 Å². The number of aryl methyl sites for hydroxylation is 4. The number of Topliss-reactive ketones (excluding diaryl/α,β-unsaturated/α-hetero) is 1. The fourth-order valence-corrected chi connectivity index (χ4v) is 28.1. The van der Waals surface area contributed by atoms with Gasteiger partial charge in [0.1, 0.15) is 4.34 Å². The third kappa shape index (κ3) is 19.5. The Bertz CT molecular complexity index is 4690. The molecule has 0 amide bonds. The quantitative estimate of drug-likeness (QED) is 0.0528. The second-order valence-electron chi connectivity index (χ2n) is 34.8. The summed E-state index contributed by atoms with van der Waals surface area (Å²) in [4.78, 5) is 24.5. The molecule has 16 heterocycles. The van der Waals surface area contributed by atoms with E-state index in [0.717, 1.165) is 153 Å². The number of nitrogens with zero attached hydrogens (tertiary/aromatic N) is 1. The van der Waals surface area contributed by atoms with Crippen LogP contribution in [0.5, 0.6) is 0 Å². The van der Waals surface area contributed by atoms with Crippen LogP contribution in [0, 0.1) is 129 Å². The van der Waals surface area contributed by atoms with Gasteiger partial charge >= 0.3 is 0 Å². The number of allylic oxidation sites excluding steroid dienone is 8. The van der Waals surface area contributed by atoms with E-state index in [-0.39, 0.29) is 5.78 Å². The molecule has 8 aromatic rings. The van der Waals surface area contributed by atoms with Gasteiger partial charge in [-0.25, -0.2) is 4.85 Å². The predicted molar refractivity (Wildman–Crippen MR) is 499 cm³/mol. The summed E-state index contributed by atoms with van der Waals surface area (Å²) in [6.45, 7) is 36.3. The molecule has 24 rings (SSSR count). The summed E-state index contributed by atoms with van der Waals surface area (Å²) in [6, 6.07) is 21.5. The number of carbonyl (C=O) groups excluding carboxylic acids is 1. The Morgan fingerprint density at radius 2 is 0.765 bits per heavy atom. The van der Waals surface area contributed by atoms with Crippen molar-refractivity contribution in [3.8, 4) is 0 Å². The molecule has 8 aliphatic heterocycles. The summed E-state index contributed by atoms with van der Waals surface area (Å²) in [5.74, 6) is 13.1. The van der Waals surface area contributed by atoms with Gasteiger partial charge in [0.25, 0.3) is 0 Å². The van der Waals surface area contributed by atoms with Gasteiger partial charge in [-0.2, -0.15) is 22.7 Å². The van der Waals surface area contributed by atoms with Crippen molar-refractivity contribution in [1.29, 1.82) is 0 Å². The van der Waals surface area contributed by atoms with Gasteiger partial charge in [0, 0.05) is 87.2 Å². The van der Waals surface area contributed by atoms with E-state index in [2.05, 4.69) is 199 Å². The van der Waals surface area contributed by atoms with Crippen LogP contribution in [0.3, 0.4) is 0 Å². The number of ketones is 1. The average molecular weight is 1720 g/mol.